The van der Waals surface area contributed by atoms with E-state index in [1.807, 2.05) is 0 Å². The first-order valence-corrected chi connectivity index (χ1v) is 11.2. The minimum Gasteiger partial charge on any atom is -0.506 e. The van der Waals surface area contributed by atoms with Crippen LogP contribution in [0.2, 0.25) is 0 Å². The van der Waals surface area contributed by atoms with Gasteiger partial charge in [-0.15, -0.1) is 0 Å². The number of ether oxygens (including phenoxy) is 1. The first-order valence-electron chi connectivity index (χ1n) is 8.34. The number of benzene rings is 2. The van der Waals surface area contributed by atoms with Crippen molar-refractivity contribution in [1.29, 1.82) is 0 Å². The standard InChI is InChI=1S/C17H17F4N3O5S2/c1-31(27,28)24-13-9-11(2-4-14(13)25)23-16(26)22-10-3-5-15(12(18)8-10)29-6-7-30-17(19,20)21/h2-5,8-9,24-25H,6-7H2,1H3,(H2,22,23,26). The number of hydrogen-bond donors (Lipinski definition) is 4. The molecular formula is C17H17F4N3O5S2. The van der Waals surface area contributed by atoms with E-state index in [1.165, 1.54) is 18.2 Å². The van der Waals surface area contributed by atoms with E-state index in [0.29, 0.717) is 0 Å². The van der Waals surface area contributed by atoms with Gasteiger partial charge < -0.3 is 20.5 Å². The summed E-state index contributed by atoms with van der Waals surface area (Å²) in [6, 6.07) is 6.18. The van der Waals surface area contributed by atoms with E-state index in [4.69, 9.17) is 4.74 Å². The maximum Gasteiger partial charge on any atom is 0.441 e. The Hall–Kier alpha value is -2.87. The van der Waals surface area contributed by atoms with Gasteiger partial charge in [-0.1, -0.05) is 0 Å². The van der Waals surface area contributed by atoms with Crippen LogP contribution in [-0.2, 0) is 10.0 Å². The fourth-order valence-electron chi connectivity index (χ4n) is 2.19. The fraction of sp³-hybridized carbons (Fsp3) is 0.235. The molecule has 0 bridgehead atoms. The number of phenols is 1. The molecule has 0 saturated heterocycles. The van der Waals surface area contributed by atoms with Crippen LogP contribution in [-0.4, -0.2) is 43.7 Å². The topological polar surface area (TPSA) is 117 Å². The minimum atomic E-state index is -4.40. The Morgan fingerprint density at radius 1 is 1.13 bits per heavy atom. The molecule has 0 fully saturated rings. The second kappa shape index (κ2) is 9.96. The fourth-order valence-corrected chi connectivity index (χ4v) is 3.15. The Labute approximate surface area is 179 Å². The van der Waals surface area contributed by atoms with Gasteiger partial charge in [0.05, 0.1) is 18.6 Å². The second-order valence-electron chi connectivity index (χ2n) is 5.97. The smallest absolute Gasteiger partial charge is 0.441 e. The quantitative estimate of drug-likeness (QED) is 0.194. The largest absolute Gasteiger partial charge is 0.506 e. The number of alkyl halides is 3. The number of thioether (sulfide) groups is 1. The summed E-state index contributed by atoms with van der Waals surface area (Å²) >= 11 is -0.290. The van der Waals surface area contributed by atoms with E-state index in [1.54, 1.807) is 0 Å². The van der Waals surface area contributed by atoms with Crippen molar-refractivity contribution < 1.29 is 40.6 Å². The van der Waals surface area contributed by atoms with Crippen molar-refractivity contribution in [2.75, 3.05) is 34.0 Å². The SMILES string of the molecule is CS(=O)(=O)Nc1cc(NC(=O)Nc2ccc(OCCSC(F)(F)F)c(F)c2)ccc1O. The maximum atomic E-state index is 14.0. The molecule has 0 aliphatic heterocycles. The highest BCUT2D eigenvalue weighted by Gasteiger charge is 2.27. The van der Waals surface area contributed by atoms with Crippen molar-refractivity contribution in [1.82, 2.24) is 0 Å². The summed E-state index contributed by atoms with van der Waals surface area (Å²) in [5.41, 5.74) is -4.40. The van der Waals surface area contributed by atoms with Gasteiger partial charge in [-0.25, -0.2) is 17.6 Å². The Morgan fingerprint density at radius 3 is 2.32 bits per heavy atom. The van der Waals surface area contributed by atoms with Crippen LogP contribution in [0.15, 0.2) is 36.4 Å². The molecular weight excluding hydrogens is 466 g/mol. The molecule has 170 valence electrons. The van der Waals surface area contributed by atoms with Gasteiger partial charge in [0.25, 0.3) is 0 Å². The van der Waals surface area contributed by atoms with Crippen molar-refractivity contribution in [3.05, 3.63) is 42.2 Å². The van der Waals surface area contributed by atoms with Crippen LogP contribution >= 0.6 is 11.8 Å². The third kappa shape index (κ3) is 8.80. The number of halogens is 4. The van der Waals surface area contributed by atoms with Gasteiger partial charge in [-0.2, -0.15) is 13.2 Å². The Balaban J connectivity index is 1.95. The van der Waals surface area contributed by atoms with E-state index < -0.39 is 33.1 Å². The molecule has 0 radical (unpaired) electrons. The van der Waals surface area contributed by atoms with Crippen LogP contribution in [0.1, 0.15) is 0 Å². The lowest BCUT2D eigenvalue weighted by atomic mass is 10.2. The number of anilines is 3. The number of urea groups is 1. The molecule has 2 rings (SSSR count). The molecule has 4 N–H and O–H groups in total. The molecule has 0 unspecified atom stereocenters. The van der Waals surface area contributed by atoms with E-state index >= 15 is 0 Å². The molecule has 2 amide bonds. The van der Waals surface area contributed by atoms with Gasteiger partial charge in [-0.05, 0) is 42.1 Å². The number of carbonyl (C=O) groups excluding carboxylic acids is 1. The Kier molecular flexibility index (Phi) is 7.84. The van der Waals surface area contributed by atoms with Crippen LogP contribution in [0.25, 0.3) is 0 Å². The lowest BCUT2D eigenvalue weighted by Crippen LogP contribution is -2.19. The molecule has 0 aliphatic rings. The van der Waals surface area contributed by atoms with Gasteiger partial charge in [-0.3, -0.25) is 4.72 Å². The van der Waals surface area contributed by atoms with Gasteiger partial charge in [0.2, 0.25) is 10.0 Å². The van der Waals surface area contributed by atoms with Gasteiger partial charge in [0.1, 0.15) is 5.75 Å². The zero-order chi connectivity index (χ0) is 23.2. The molecule has 2 aromatic rings. The summed E-state index contributed by atoms with van der Waals surface area (Å²) in [4.78, 5) is 12.1. The van der Waals surface area contributed by atoms with Crippen molar-refractivity contribution in [3.8, 4) is 11.5 Å². The minimum absolute atomic E-state index is 0.0280. The number of nitrogens with one attached hydrogen (secondary N) is 3. The van der Waals surface area contributed by atoms with Crippen molar-refractivity contribution >= 4 is 44.9 Å². The first kappa shape index (κ1) is 24.4. The molecule has 14 heteroatoms. The van der Waals surface area contributed by atoms with Crippen LogP contribution in [0, 0.1) is 5.82 Å². The van der Waals surface area contributed by atoms with Crippen LogP contribution in [0.4, 0.5) is 39.4 Å². The molecule has 0 spiro atoms. The highest BCUT2D eigenvalue weighted by Crippen LogP contribution is 2.30. The molecule has 2 aromatic carbocycles. The van der Waals surface area contributed by atoms with E-state index in [0.717, 1.165) is 24.5 Å². The highest BCUT2D eigenvalue weighted by atomic mass is 32.2. The third-order valence-electron chi connectivity index (χ3n) is 3.35. The van der Waals surface area contributed by atoms with Crippen LogP contribution in [0.5, 0.6) is 11.5 Å². The van der Waals surface area contributed by atoms with Crippen molar-refractivity contribution in [3.63, 3.8) is 0 Å². The summed E-state index contributed by atoms with van der Waals surface area (Å²) < 4.78 is 79.8. The van der Waals surface area contributed by atoms with Crippen molar-refractivity contribution in [2.24, 2.45) is 0 Å². The normalized spacial score (nSPS) is 11.6. The highest BCUT2D eigenvalue weighted by molar-refractivity contribution is 8.00. The second-order valence-corrected chi connectivity index (χ2v) is 8.88. The lowest BCUT2D eigenvalue weighted by molar-refractivity contribution is -0.0329. The molecule has 0 heterocycles. The number of rotatable bonds is 8. The molecule has 0 aromatic heterocycles. The number of amides is 2. The summed E-state index contributed by atoms with van der Waals surface area (Å²) in [5.74, 6) is -1.93. The van der Waals surface area contributed by atoms with Gasteiger partial charge in [0, 0.05) is 23.2 Å². The molecule has 8 nitrogen and oxygen atoms in total. The maximum absolute atomic E-state index is 14.0. The van der Waals surface area contributed by atoms with E-state index in [2.05, 4.69) is 15.4 Å². The number of carbonyl (C=O) groups is 1. The molecule has 0 atom stereocenters. The first-order chi connectivity index (χ1) is 14.3. The average molecular weight is 483 g/mol. The predicted octanol–water partition coefficient (Wildman–Crippen LogP) is 4.18. The number of phenolic OH excluding ortho intramolecular Hbond substituents is 1. The average Bonchev–Trinajstić information content (AvgIpc) is 2.61. The number of aromatic hydroxyl groups is 1. The zero-order valence-electron chi connectivity index (χ0n) is 15.8. The van der Waals surface area contributed by atoms with E-state index in [-0.39, 0.29) is 46.9 Å². The predicted molar refractivity (Wildman–Crippen MR) is 110 cm³/mol. The molecule has 0 aliphatic carbocycles. The number of hydrogen-bond acceptors (Lipinski definition) is 6. The van der Waals surface area contributed by atoms with Crippen molar-refractivity contribution in [2.45, 2.75) is 5.51 Å². The Bertz CT molecular complexity index is 1050. The lowest BCUT2D eigenvalue weighted by Gasteiger charge is -2.12. The zero-order valence-corrected chi connectivity index (χ0v) is 17.4. The summed E-state index contributed by atoms with van der Waals surface area (Å²) in [7, 11) is -3.67. The number of sulfonamides is 1. The summed E-state index contributed by atoms with van der Waals surface area (Å²) in [6.45, 7) is -0.362. The van der Waals surface area contributed by atoms with E-state index in [9.17, 15) is 35.9 Å². The third-order valence-corrected chi connectivity index (χ3v) is 4.63. The van der Waals surface area contributed by atoms with Crippen LogP contribution < -0.4 is 20.1 Å². The molecule has 0 saturated carbocycles. The van der Waals surface area contributed by atoms with Gasteiger partial charge in [0.15, 0.2) is 11.6 Å². The summed E-state index contributed by atoms with van der Waals surface area (Å²) in [5, 5.41) is 14.4. The summed E-state index contributed by atoms with van der Waals surface area (Å²) in [6.07, 6.45) is 0.885. The molecule has 31 heavy (non-hydrogen) atoms. The van der Waals surface area contributed by atoms with Gasteiger partial charge >= 0.3 is 11.5 Å². The van der Waals surface area contributed by atoms with Crippen LogP contribution in [0.3, 0.4) is 0 Å². The Morgan fingerprint density at radius 2 is 1.74 bits per heavy atom. The monoisotopic (exact) mass is 483 g/mol.